The number of fused-ring (bicyclic) bond motifs is 1. The molecule has 5 heteroatoms. The Balaban J connectivity index is 1.69. The molecule has 21 heavy (non-hydrogen) atoms. The van der Waals surface area contributed by atoms with Crippen molar-refractivity contribution in [3.05, 3.63) is 41.1 Å². The zero-order chi connectivity index (χ0) is 14.8. The standard InChI is InChI=1S/C16H21N3O2/c1-10(2)8-11-9-14(19-18-11)16(20)17-13-4-3-5-15-12(13)6-7-21-15/h6-7,9-10,13H,3-5,8H2,1-2H3,(H,17,20)(H,18,19). The first-order valence-corrected chi connectivity index (χ1v) is 7.55. The smallest absolute Gasteiger partial charge is 0.272 e. The quantitative estimate of drug-likeness (QED) is 0.908. The van der Waals surface area contributed by atoms with Crippen LogP contribution < -0.4 is 5.32 Å². The second-order valence-electron chi connectivity index (χ2n) is 6.09. The van der Waals surface area contributed by atoms with Gasteiger partial charge in [-0.2, -0.15) is 5.10 Å². The molecule has 0 aromatic carbocycles. The Labute approximate surface area is 124 Å². The average Bonchev–Trinajstić information content (AvgIpc) is 3.07. The molecule has 1 amide bonds. The summed E-state index contributed by atoms with van der Waals surface area (Å²) in [5, 5.41) is 10.1. The van der Waals surface area contributed by atoms with Gasteiger partial charge in [0.1, 0.15) is 11.5 Å². The molecule has 0 fully saturated rings. The molecule has 0 radical (unpaired) electrons. The average molecular weight is 287 g/mol. The fraction of sp³-hybridized carbons (Fsp3) is 0.500. The van der Waals surface area contributed by atoms with Crippen LogP contribution >= 0.6 is 0 Å². The number of carbonyl (C=O) groups is 1. The monoisotopic (exact) mass is 287 g/mol. The van der Waals surface area contributed by atoms with Crippen molar-refractivity contribution in [1.82, 2.24) is 15.5 Å². The summed E-state index contributed by atoms with van der Waals surface area (Å²) in [7, 11) is 0. The maximum Gasteiger partial charge on any atom is 0.272 e. The van der Waals surface area contributed by atoms with Crippen LogP contribution in [0.1, 0.15) is 60.2 Å². The van der Waals surface area contributed by atoms with Crippen molar-refractivity contribution in [1.29, 1.82) is 0 Å². The summed E-state index contributed by atoms with van der Waals surface area (Å²) in [6, 6.07) is 3.83. The maximum atomic E-state index is 12.3. The topological polar surface area (TPSA) is 70.9 Å². The second-order valence-corrected chi connectivity index (χ2v) is 6.09. The van der Waals surface area contributed by atoms with Gasteiger partial charge in [-0.1, -0.05) is 13.8 Å². The molecule has 3 rings (SSSR count). The SMILES string of the molecule is CC(C)Cc1cc(C(=O)NC2CCCc3occc32)n[nH]1. The van der Waals surface area contributed by atoms with Crippen LogP contribution in [-0.2, 0) is 12.8 Å². The minimum absolute atomic E-state index is 0.0326. The van der Waals surface area contributed by atoms with Gasteiger partial charge in [0.15, 0.2) is 0 Å². The fourth-order valence-electron chi connectivity index (χ4n) is 2.89. The number of aromatic nitrogens is 2. The maximum absolute atomic E-state index is 12.3. The molecule has 0 spiro atoms. The number of H-pyrrole nitrogens is 1. The lowest BCUT2D eigenvalue weighted by molar-refractivity contribution is 0.0927. The van der Waals surface area contributed by atoms with Crippen LogP contribution in [0.25, 0.3) is 0 Å². The summed E-state index contributed by atoms with van der Waals surface area (Å²) in [6.07, 6.45) is 5.53. The number of nitrogens with zero attached hydrogens (tertiary/aromatic N) is 1. The van der Waals surface area contributed by atoms with E-state index < -0.39 is 0 Å². The molecule has 0 aliphatic heterocycles. The Morgan fingerprint density at radius 2 is 2.43 bits per heavy atom. The Morgan fingerprint density at radius 1 is 1.57 bits per heavy atom. The van der Waals surface area contributed by atoms with Crippen LogP contribution in [0.2, 0.25) is 0 Å². The molecule has 0 saturated carbocycles. The lowest BCUT2D eigenvalue weighted by Crippen LogP contribution is -2.30. The van der Waals surface area contributed by atoms with Gasteiger partial charge in [0.25, 0.3) is 5.91 Å². The lowest BCUT2D eigenvalue weighted by atomic mass is 9.93. The van der Waals surface area contributed by atoms with Crippen LogP contribution in [0.3, 0.4) is 0 Å². The van der Waals surface area contributed by atoms with Crippen molar-refractivity contribution in [2.75, 3.05) is 0 Å². The molecule has 1 aliphatic carbocycles. The zero-order valence-electron chi connectivity index (χ0n) is 12.5. The molecule has 2 N–H and O–H groups in total. The van der Waals surface area contributed by atoms with E-state index in [9.17, 15) is 4.79 Å². The van der Waals surface area contributed by atoms with E-state index in [-0.39, 0.29) is 11.9 Å². The number of aryl methyl sites for hydroxylation is 1. The molecular weight excluding hydrogens is 266 g/mol. The first-order valence-electron chi connectivity index (χ1n) is 7.55. The highest BCUT2D eigenvalue weighted by Crippen LogP contribution is 2.30. The van der Waals surface area contributed by atoms with Gasteiger partial charge in [-0.3, -0.25) is 9.89 Å². The minimum Gasteiger partial charge on any atom is -0.469 e. The molecule has 1 aliphatic rings. The number of aromatic amines is 1. The highest BCUT2D eigenvalue weighted by Gasteiger charge is 2.25. The molecule has 1 unspecified atom stereocenters. The van der Waals surface area contributed by atoms with E-state index in [1.165, 1.54) is 0 Å². The molecule has 2 heterocycles. The summed E-state index contributed by atoms with van der Waals surface area (Å²) in [6.45, 7) is 4.28. The Morgan fingerprint density at radius 3 is 3.24 bits per heavy atom. The molecule has 5 nitrogen and oxygen atoms in total. The molecule has 0 bridgehead atoms. The number of carbonyl (C=O) groups excluding carboxylic acids is 1. The zero-order valence-corrected chi connectivity index (χ0v) is 12.5. The predicted octanol–water partition coefficient (Wildman–Crippen LogP) is 3.01. The second kappa shape index (κ2) is 5.76. The van der Waals surface area contributed by atoms with E-state index in [0.29, 0.717) is 11.6 Å². The van der Waals surface area contributed by atoms with Gasteiger partial charge in [0, 0.05) is 17.7 Å². The molecule has 2 aromatic rings. The number of furan rings is 1. The first kappa shape index (κ1) is 13.9. The van der Waals surface area contributed by atoms with Crippen LogP contribution in [0, 0.1) is 5.92 Å². The van der Waals surface area contributed by atoms with E-state index in [1.807, 2.05) is 12.1 Å². The van der Waals surface area contributed by atoms with Crippen LogP contribution in [-0.4, -0.2) is 16.1 Å². The van der Waals surface area contributed by atoms with Crippen molar-refractivity contribution in [2.24, 2.45) is 5.92 Å². The van der Waals surface area contributed by atoms with Crippen LogP contribution in [0.5, 0.6) is 0 Å². The summed E-state index contributed by atoms with van der Waals surface area (Å²) in [5.74, 6) is 1.41. The Kier molecular flexibility index (Phi) is 3.82. The van der Waals surface area contributed by atoms with E-state index in [1.54, 1.807) is 6.26 Å². The normalized spacial score (nSPS) is 17.8. The van der Waals surface area contributed by atoms with E-state index in [0.717, 1.165) is 42.7 Å². The van der Waals surface area contributed by atoms with Gasteiger partial charge >= 0.3 is 0 Å². The highest BCUT2D eigenvalue weighted by molar-refractivity contribution is 5.92. The van der Waals surface area contributed by atoms with Gasteiger partial charge in [-0.05, 0) is 37.3 Å². The highest BCUT2D eigenvalue weighted by atomic mass is 16.3. The third kappa shape index (κ3) is 3.01. The summed E-state index contributed by atoms with van der Waals surface area (Å²) >= 11 is 0. The third-order valence-corrected chi connectivity index (χ3v) is 3.85. The van der Waals surface area contributed by atoms with Crippen molar-refractivity contribution >= 4 is 5.91 Å². The molecule has 1 atom stereocenters. The van der Waals surface area contributed by atoms with Gasteiger partial charge in [-0.25, -0.2) is 0 Å². The van der Waals surface area contributed by atoms with E-state index in [4.69, 9.17) is 4.42 Å². The van der Waals surface area contributed by atoms with Crippen molar-refractivity contribution in [2.45, 2.75) is 45.6 Å². The molecule has 0 saturated heterocycles. The summed E-state index contributed by atoms with van der Waals surface area (Å²) in [5.41, 5.74) is 2.57. The van der Waals surface area contributed by atoms with Gasteiger partial charge < -0.3 is 9.73 Å². The van der Waals surface area contributed by atoms with Gasteiger partial charge in [0.05, 0.1) is 12.3 Å². The summed E-state index contributed by atoms with van der Waals surface area (Å²) in [4.78, 5) is 12.3. The van der Waals surface area contributed by atoms with E-state index in [2.05, 4.69) is 29.4 Å². The number of nitrogens with one attached hydrogen (secondary N) is 2. The van der Waals surface area contributed by atoms with Crippen LogP contribution in [0.4, 0.5) is 0 Å². The fourth-order valence-corrected chi connectivity index (χ4v) is 2.89. The summed E-state index contributed by atoms with van der Waals surface area (Å²) < 4.78 is 5.45. The molecule has 2 aromatic heterocycles. The van der Waals surface area contributed by atoms with Crippen LogP contribution in [0.15, 0.2) is 22.8 Å². The number of amides is 1. The van der Waals surface area contributed by atoms with Gasteiger partial charge in [0.2, 0.25) is 0 Å². The predicted molar refractivity (Wildman–Crippen MR) is 79.0 cm³/mol. The number of hydrogen-bond donors (Lipinski definition) is 2. The Hall–Kier alpha value is -2.04. The van der Waals surface area contributed by atoms with E-state index >= 15 is 0 Å². The number of hydrogen-bond acceptors (Lipinski definition) is 3. The van der Waals surface area contributed by atoms with Crippen molar-refractivity contribution in [3.8, 4) is 0 Å². The first-order chi connectivity index (χ1) is 10.1. The van der Waals surface area contributed by atoms with Crippen molar-refractivity contribution < 1.29 is 9.21 Å². The minimum atomic E-state index is -0.125. The van der Waals surface area contributed by atoms with Gasteiger partial charge in [-0.15, -0.1) is 0 Å². The number of rotatable bonds is 4. The molecular formula is C16H21N3O2. The lowest BCUT2D eigenvalue weighted by Gasteiger charge is -2.22. The third-order valence-electron chi connectivity index (χ3n) is 3.85. The Bertz CT molecular complexity index is 627. The largest absolute Gasteiger partial charge is 0.469 e. The molecule has 112 valence electrons. The van der Waals surface area contributed by atoms with Crippen molar-refractivity contribution in [3.63, 3.8) is 0 Å².